The van der Waals surface area contributed by atoms with E-state index in [1.54, 1.807) is 12.1 Å². The highest BCUT2D eigenvalue weighted by Gasteiger charge is 2.08. The normalized spacial score (nSPS) is 11.0. The second kappa shape index (κ2) is 7.73. The number of hydrogen-bond acceptors (Lipinski definition) is 6. The molecule has 2 rings (SSSR count). The lowest BCUT2D eigenvalue weighted by atomic mass is 10.2. The van der Waals surface area contributed by atoms with Crippen molar-refractivity contribution in [3.05, 3.63) is 69.8 Å². The third-order valence-electron chi connectivity index (χ3n) is 3.00. The minimum atomic E-state index is -0.722. The number of carbonyl (C=O) groups is 1. The first-order chi connectivity index (χ1) is 11.5. The summed E-state index contributed by atoms with van der Waals surface area (Å²) in [5.41, 5.74) is 7.05. The standard InChI is InChI=1S/C16H15N3O5/c1-11-2-8-14(9-3-11)23-10-15(20)24-18-16(17)12-4-6-13(7-5-12)19(21)22/h2-9H,10H2,1H3,(H2,17,18). The van der Waals surface area contributed by atoms with Crippen molar-refractivity contribution in [3.63, 3.8) is 0 Å². The van der Waals surface area contributed by atoms with Gasteiger partial charge in [0.2, 0.25) is 0 Å². The van der Waals surface area contributed by atoms with E-state index in [0.717, 1.165) is 5.56 Å². The molecule has 8 heteroatoms. The average Bonchev–Trinajstić information content (AvgIpc) is 2.59. The maximum absolute atomic E-state index is 11.6. The number of ether oxygens (including phenoxy) is 1. The predicted molar refractivity (Wildman–Crippen MR) is 86.6 cm³/mol. The number of nitro groups is 1. The fourth-order valence-corrected chi connectivity index (χ4v) is 1.71. The first-order valence-corrected chi connectivity index (χ1v) is 6.93. The van der Waals surface area contributed by atoms with Gasteiger partial charge >= 0.3 is 5.97 Å². The van der Waals surface area contributed by atoms with Crippen molar-refractivity contribution in [2.24, 2.45) is 10.9 Å². The Morgan fingerprint density at radius 2 is 1.79 bits per heavy atom. The molecule has 0 saturated heterocycles. The molecular weight excluding hydrogens is 314 g/mol. The zero-order valence-corrected chi connectivity index (χ0v) is 12.8. The van der Waals surface area contributed by atoms with E-state index in [9.17, 15) is 14.9 Å². The lowest BCUT2D eigenvalue weighted by molar-refractivity contribution is -0.384. The van der Waals surface area contributed by atoms with Crippen LogP contribution >= 0.6 is 0 Å². The van der Waals surface area contributed by atoms with E-state index in [-0.39, 0.29) is 18.1 Å². The number of oxime groups is 1. The molecule has 0 radical (unpaired) electrons. The Morgan fingerprint density at radius 1 is 1.17 bits per heavy atom. The summed E-state index contributed by atoms with van der Waals surface area (Å²) in [6.07, 6.45) is 0. The number of hydrogen-bond donors (Lipinski definition) is 1. The molecule has 0 aliphatic rings. The van der Waals surface area contributed by atoms with Crippen molar-refractivity contribution >= 4 is 17.5 Å². The Labute approximate surface area is 137 Å². The van der Waals surface area contributed by atoms with Crippen LogP contribution in [-0.4, -0.2) is 23.3 Å². The largest absolute Gasteiger partial charge is 0.482 e. The van der Waals surface area contributed by atoms with Crippen LogP contribution in [0.25, 0.3) is 0 Å². The molecule has 24 heavy (non-hydrogen) atoms. The molecule has 0 fully saturated rings. The smallest absolute Gasteiger partial charge is 0.372 e. The maximum atomic E-state index is 11.6. The number of nitrogens with two attached hydrogens (primary N) is 1. The van der Waals surface area contributed by atoms with Crippen molar-refractivity contribution in [2.45, 2.75) is 6.92 Å². The molecule has 0 aromatic heterocycles. The highest BCUT2D eigenvalue weighted by molar-refractivity contribution is 5.97. The van der Waals surface area contributed by atoms with Gasteiger partial charge in [0.1, 0.15) is 5.75 Å². The molecule has 0 unspecified atom stereocenters. The predicted octanol–water partition coefficient (Wildman–Crippen LogP) is 2.15. The van der Waals surface area contributed by atoms with E-state index >= 15 is 0 Å². The quantitative estimate of drug-likeness (QED) is 0.285. The molecule has 0 spiro atoms. The highest BCUT2D eigenvalue weighted by Crippen LogP contribution is 2.12. The highest BCUT2D eigenvalue weighted by atomic mass is 16.7. The van der Waals surface area contributed by atoms with Crippen molar-refractivity contribution in [1.82, 2.24) is 0 Å². The number of aryl methyl sites for hydroxylation is 1. The van der Waals surface area contributed by atoms with Gasteiger partial charge in [-0.3, -0.25) is 10.1 Å². The number of carbonyl (C=O) groups excluding carboxylic acids is 1. The Balaban J connectivity index is 1.87. The van der Waals surface area contributed by atoms with Gasteiger partial charge < -0.3 is 15.3 Å². The number of nitro benzene ring substituents is 1. The van der Waals surface area contributed by atoms with Gasteiger partial charge in [0.25, 0.3) is 5.69 Å². The monoisotopic (exact) mass is 329 g/mol. The molecule has 0 heterocycles. The van der Waals surface area contributed by atoms with Crippen LogP contribution < -0.4 is 10.5 Å². The Bertz CT molecular complexity index is 754. The molecule has 2 N–H and O–H groups in total. The van der Waals surface area contributed by atoms with Gasteiger partial charge in [0.05, 0.1) is 4.92 Å². The van der Waals surface area contributed by atoms with Gasteiger partial charge in [-0.2, -0.15) is 0 Å². The first-order valence-electron chi connectivity index (χ1n) is 6.93. The topological polar surface area (TPSA) is 117 Å². The fourth-order valence-electron chi connectivity index (χ4n) is 1.71. The summed E-state index contributed by atoms with van der Waals surface area (Å²) >= 11 is 0. The molecule has 0 aliphatic heterocycles. The van der Waals surface area contributed by atoms with E-state index in [1.165, 1.54) is 24.3 Å². The summed E-state index contributed by atoms with van der Waals surface area (Å²) in [6, 6.07) is 12.5. The molecular formula is C16H15N3O5. The maximum Gasteiger partial charge on any atom is 0.372 e. The lowest BCUT2D eigenvalue weighted by Crippen LogP contribution is -2.18. The summed E-state index contributed by atoms with van der Waals surface area (Å²) in [5.74, 6) is -0.265. The minimum Gasteiger partial charge on any atom is -0.482 e. The van der Waals surface area contributed by atoms with Crippen molar-refractivity contribution in [2.75, 3.05) is 6.61 Å². The first kappa shape index (κ1) is 16.9. The molecule has 0 saturated carbocycles. The van der Waals surface area contributed by atoms with E-state index in [1.807, 2.05) is 19.1 Å². The van der Waals surface area contributed by atoms with Crippen LogP contribution in [0, 0.1) is 17.0 Å². The van der Waals surface area contributed by atoms with Crippen LogP contribution in [0.2, 0.25) is 0 Å². The summed E-state index contributed by atoms with van der Waals surface area (Å²) in [4.78, 5) is 26.2. The van der Waals surface area contributed by atoms with Gasteiger partial charge in [-0.15, -0.1) is 0 Å². The van der Waals surface area contributed by atoms with Crippen molar-refractivity contribution in [3.8, 4) is 5.75 Å². The van der Waals surface area contributed by atoms with E-state index in [2.05, 4.69) is 9.99 Å². The van der Waals surface area contributed by atoms with Crippen LogP contribution in [0.15, 0.2) is 53.7 Å². The summed E-state index contributed by atoms with van der Waals surface area (Å²) in [6.45, 7) is 1.62. The summed E-state index contributed by atoms with van der Waals surface area (Å²) in [5, 5.41) is 14.1. The molecule has 0 bridgehead atoms. The Kier molecular flexibility index (Phi) is 5.45. The van der Waals surface area contributed by atoms with E-state index < -0.39 is 10.9 Å². The molecule has 2 aromatic rings. The average molecular weight is 329 g/mol. The zero-order valence-electron chi connectivity index (χ0n) is 12.8. The second-order valence-electron chi connectivity index (χ2n) is 4.85. The Hall–Kier alpha value is -3.42. The van der Waals surface area contributed by atoms with Crippen LogP contribution in [0.1, 0.15) is 11.1 Å². The Morgan fingerprint density at radius 3 is 2.38 bits per heavy atom. The fraction of sp³-hybridized carbons (Fsp3) is 0.125. The number of non-ortho nitro benzene ring substituents is 1. The van der Waals surface area contributed by atoms with Crippen LogP contribution in [-0.2, 0) is 9.63 Å². The van der Waals surface area contributed by atoms with Crippen LogP contribution in [0.5, 0.6) is 5.75 Å². The SMILES string of the molecule is Cc1ccc(OCC(=O)ON=C(N)c2ccc([N+](=O)[O-])cc2)cc1. The van der Waals surface area contributed by atoms with Gasteiger partial charge in [0, 0.05) is 17.7 Å². The molecule has 0 atom stereocenters. The van der Waals surface area contributed by atoms with E-state index in [4.69, 9.17) is 10.5 Å². The van der Waals surface area contributed by atoms with Gasteiger partial charge in [0.15, 0.2) is 12.4 Å². The van der Waals surface area contributed by atoms with Gasteiger partial charge in [-0.1, -0.05) is 22.9 Å². The lowest BCUT2D eigenvalue weighted by Gasteiger charge is -2.04. The third-order valence-corrected chi connectivity index (χ3v) is 3.00. The summed E-state index contributed by atoms with van der Waals surface area (Å²) in [7, 11) is 0. The van der Waals surface area contributed by atoms with Crippen molar-refractivity contribution < 1.29 is 19.3 Å². The van der Waals surface area contributed by atoms with Crippen LogP contribution in [0.4, 0.5) is 5.69 Å². The van der Waals surface area contributed by atoms with Crippen molar-refractivity contribution in [1.29, 1.82) is 0 Å². The number of rotatable bonds is 6. The number of amidine groups is 1. The second-order valence-corrected chi connectivity index (χ2v) is 4.85. The minimum absolute atomic E-state index is 0.0740. The molecule has 0 amide bonds. The van der Waals surface area contributed by atoms with Gasteiger partial charge in [-0.05, 0) is 31.2 Å². The zero-order chi connectivity index (χ0) is 17.5. The molecule has 8 nitrogen and oxygen atoms in total. The molecule has 0 aliphatic carbocycles. The molecule has 124 valence electrons. The number of nitrogens with zero attached hydrogens (tertiary/aromatic N) is 2. The number of benzene rings is 2. The van der Waals surface area contributed by atoms with Crippen LogP contribution in [0.3, 0.4) is 0 Å². The summed E-state index contributed by atoms with van der Waals surface area (Å²) < 4.78 is 5.24. The third kappa shape index (κ3) is 4.80. The van der Waals surface area contributed by atoms with Gasteiger partial charge in [-0.25, -0.2) is 4.79 Å². The van der Waals surface area contributed by atoms with E-state index in [0.29, 0.717) is 11.3 Å². The molecule has 2 aromatic carbocycles.